The molecule has 0 aliphatic rings. The molecular weight excluding hydrogens is 475 g/mol. The third kappa shape index (κ3) is 5.78. The lowest BCUT2D eigenvalue weighted by Crippen LogP contribution is -2.16. The molecule has 170 valence electrons. The summed E-state index contributed by atoms with van der Waals surface area (Å²) in [7, 11) is 1.47. The van der Waals surface area contributed by atoms with Gasteiger partial charge in [-0.3, -0.25) is 4.79 Å². The highest BCUT2D eigenvalue weighted by Gasteiger charge is 2.36. The molecule has 1 aromatic heterocycles. The van der Waals surface area contributed by atoms with Crippen LogP contribution in [-0.4, -0.2) is 23.8 Å². The van der Waals surface area contributed by atoms with Gasteiger partial charge in [0.1, 0.15) is 16.8 Å². The van der Waals surface area contributed by atoms with Crippen LogP contribution in [-0.2, 0) is 11.0 Å². The van der Waals surface area contributed by atoms with Gasteiger partial charge in [0.2, 0.25) is 5.91 Å². The molecular formula is C23H17ClF3N3O2S. The average molecular weight is 492 g/mol. The van der Waals surface area contributed by atoms with Crippen LogP contribution in [0, 0.1) is 18.3 Å². The summed E-state index contributed by atoms with van der Waals surface area (Å²) in [5.41, 5.74) is -0.154. The first-order chi connectivity index (χ1) is 15.6. The molecule has 1 N–H and O–H groups in total. The smallest absolute Gasteiger partial charge is 0.417 e. The summed E-state index contributed by atoms with van der Waals surface area (Å²) in [4.78, 5) is 16.7. The molecule has 1 heterocycles. The van der Waals surface area contributed by atoms with Crippen molar-refractivity contribution in [2.75, 3.05) is 18.2 Å². The van der Waals surface area contributed by atoms with Crippen molar-refractivity contribution in [2.24, 2.45) is 0 Å². The Labute approximate surface area is 197 Å². The maximum atomic E-state index is 13.7. The largest absolute Gasteiger partial charge is 0.497 e. The standard InChI is InChI=1S/C23H17ClF3N3O2S/c1-13-18(24)4-3-5-19(13)29-21(31)12-33-22-16(11-28)17(23(25,26)27)10-20(30-22)14-6-8-15(32-2)9-7-14/h3-10H,12H2,1-2H3,(H,29,31). The minimum atomic E-state index is -4.77. The first-order valence-corrected chi connectivity index (χ1v) is 10.8. The normalized spacial score (nSPS) is 11.1. The molecule has 0 saturated carbocycles. The second-order valence-corrected chi connectivity index (χ2v) is 8.19. The summed E-state index contributed by atoms with van der Waals surface area (Å²) >= 11 is 6.80. The Morgan fingerprint density at radius 3 is 2.55 bits per heavy atom. The van der Waals surface area contributed by atoms with Crippen molar-refractivity contribution in [2.45, 2.75) is 18.1 Å². The number of thioether (sulfide) groups is 1. The van der Waals surface area contributed by atoms with E-state index in [-0.39, 0.29) is 16.5 Å². The van der Waals surface area contributed by atoms with Crippen molar-refractivity contribution in [1.29, 1.82) is 5.26 Å². The van der Waals surface area contributed by atoms with Gasteiger partial charge in [-0.25, -0.2) is 4.98 Å². The number of nitrogens with one attached hydrogen (secondary N) is 1. The lowest BCUT2D eigenvalue weighted by molar-refractivity contribution is -0.138. The van der Waals surface area contributed by atoms with Crippen LogP contribution in [0.3, 0.4) is 0 Å². The van der Waals surface area contributed by atoms with E-state index in [1.54, 1.807) is 55.5 Å². The number of aromatic nitrogens is 1. The zero-order valence-electron chi connectivity index (χ0n) is 17.5. The Bertz CT molecular complexity index is 1230. The number of hydrogen-bond acceptors (Lipinski definition) is 5. The van der Waals surface area contributed by atoms with Crippen molar-refractivity contribution in [3.63, 3.8) is 0 Å². The van der Waals surface area contributed by atoms with Gasteiger partial charge < -0.3 is 10.1 Å². The maximum absolute atomic E-state index is 13.7. The fourth-order valence-corrected chi connectivity index (χ4v) is 3.91. The lowest BCUT2D eigenvalue weighted by atomic mass is 10.1. The predicted octanol–water partition coefficient (Wildman–Crippen LogP) is 6.34. The van der Waals surface area contributed by atoms with Gasteiger partial charge in [0.15, 0.2) is 0 Å². The molecule has 5 nitrogen and oxygen atoms in total. The first-order valence-electron chi connectivity index (χ1n) is 9.48. The molecule has 0 bridgehead atoms. The zero-order chi connectivity index (χ0) is 24.2. The van der Waals surface area contributed by atoms with Gasteiger partial charge in [-0.1, -0.05) is 29.4 Å². The van der Waals surface area contributed by atoms with E-state index >= 15 is 0 Å². The molecule has 0 spiro atoms. The maximum Gasteiger partial charge on any atom is 0.417 e. The minimum Gasteiger partial charge on any atom is -0.497 e. The summed E-state index contributed by atoms with van der Waals surface area (Å²) in [5.74, 6) is -0.192. The van der Waals surface area contributed by atoms with Crippen LogP contribution in [0.2, 0.25) is 5.02 Å². The molecule has 0 aliphatic carbocycles. The molecule has 1 amide bonds. The highest BCUT2D eigenvalue weighted by atomic mass is 35.5. The second kappa shape index (κ2) is 10.1. The highest BCUT2D eigenvalue weighted by Crippen LogP contribution is 2.38. The van der Waals surface area contributed by atoms with E-state index in [0.29, 0.717) is 27.6 Å². The van der Waals surface area contributed by atoms with E-state index in [4.69, 9.17) is 16.3 Å². The number of amides is 1. The molecule has 10 heteroatoms. The van der Waals surface area contributed by atoms with Crippen molar-refractivity contribution >= 4 is 35.0 Å². The molecule has 33 heavy (non-hydrogen) atoms. The molecule has 0 unspecified atom stereocenters. The van der Waals surface area contributed by atoms with Crippen LogP contribution in [0.5, 0.6) is 5.75 Å². The van der Waals surface area contributed by atoms with E-state index in [1.807, 2.05) is 0 Å². The molecule has 3 rings (SSSR count). The summed E-state index contributed by atoms with van der Waals surface area (Å²) in [6, 6.07) is 13.7. The van der Waals surface area contributed by atoms with Gasteiger partial charge in [0.05, 0.1) is 29.7 Å². The van der Waals surface area contributed by atoms with Crippen LogP contribution in [0.25, 0.3) is 11.3 Å². The number of nitriles is 1. The molecule has 0 fully saturated rings. The number of ether oxygens (including phenoxy) is 1. The van der Waals surface area contributed by atoms with Crippen LogP contribution >= 0.6 is 23.4 Å². The minimum absolute atomic E-state index is 0.0255. The summed E-state index contributed by atoms with van der Waals surface area (Å²) in [6.07, 6.45) is -4.77. The number of carbonyl (C=O) groups excluding carboxylic acids is 1. The Morgan fingerprint density at radius 1 is 1.24 bits per heavy atom. The quantitative estimate of drug-likeness (QED) is 0.407. The van der Waals surface area contributed by atoms with Gasteiger partial charge in [0, 0.05) is 16.3 Å². The first kappa shape index (κ1) is 24.4. The highest BCUT2D eigenvalue weighted by molar-refractivity contribution is 8.00. The van der Waals surface area contributed by atoms with E-state index in [0.717, 1.165) is 17.8 Å². The molecule has 0 saturated heterocycles. The molecule has 0 aliphatic heterocycles. The fourth-order valence-electron chi connectivity index (χ4n) is 2.93. The number of halogens is 4. The molecule has 0 atom stereocenters. The van der Waals surface area contributed by atoms with Gasteiger partial charge in [-0.2, -0.15) is 18.4 Å². The monoisotopic (exact) mass is 491 g/mol. The number of benzene rings is 2. The fraction of sp³-hybridized carbons (Fsp3) is 0.174. The van der Waals surface area contributed by atoms with Gasteiger partial charge >= 0.3 is 6.18 Å². The Balaban J connectivity index is 1.93. The number of carbonyl (C=O) groups is 1. The number of alkyl halides is 3. The number of methoxy groups -OCH3 is 1. The Hall–Kier alpha value is -3.22. The SMILES string of the molecule is COc1ccc(-c2cc(C(F)(F)F)c(C#N)c(SCC(=O)Nc3cccc(Cl)c3C)n2)cc1. The van der Waals surface area contributed by atoms with Gasteiger partial charge in [-0.15, -0.1) is 0 Å². The molecule has 3 aromatic rings. The predicted molar refractivity (Wildman–Crippen MR) is 121 cm³/mol. The topological polar surface area (TPSA) is 75.0 Å². The third-order valence-corrected chi connectivity index (χ3v) is 6.06. The number of pyridine rings is 1. The van der Waals surface area contributed by atoms with E-state index in [2.05, 4.69) is 10.3 Å². The van der Waals surface area contributed by atoms with Gasteiger partial charge in [0.25, 0.3) is 0 Å². The summed E-state index contributed by atoms with van der Waals surface area (Å²) in [6.45, 7) is 1.73. The Kier molecular flexibility index (Phi) is 7.51. The van der Waals surface area contributed by atoms with Crippen molar-refractivity contribution in [3.8, 4) is 23.1 Å². The van der Waals surface area contributed by atoms with Crippen LogP contribution in [0.15, 0.2) is 53.6 Å². The van der Waals surface area contributed by atoms with Gasteiger partial charge in [-0.05, 0) is 55.0 Å². The van der Waals surface area contributed by atoms with E-state index in [1.165, 1.54) is 7.11 Å². The number of nitrogens with zero attached hydrogens (tertiary/aromatic N) is 2. The number of anilines is 1. The van der Waals surface area contributed by atoms with Crippen LogP contribution in [0.1, 0.15) is 16.7 Å². The average Bonchev–Trinajstić information content (AvgIpc) is 2.79. The van der Waals surface area contributed by atoms with Crippen molar-refractivity contribution in [3.05, 3.63) is 70.2 Å². The lowest BCUT2D eigenvalue weighted by Gasteiger charge is -2.15. The zero-order valence-corrected chi connectivity index (χ0v) is 19.0. The van der Waals surface area contributed by atoms with Crippen LogP contribution in [0.4, 0.5) is 18.9 Å². The summed E-state index contributed by atoms with van der Waals surface area (Å²) in [5, 5.41) is 12.4. The van der Waals surface area contributed by atoms with Crippen molar-refractivity contribution in [1.82, 2.24) is 4.98 Å². The second-order valence-electron chi connectivity index (χ2n) is 6.82. The number of rotatable bonds is 6. The van der Waals surface area contributed by atoms with Crippen LogP contribution < -0.4 is 10.1 Å². The molecule has 2 aromatic carbocycles. The Morgan fingerprint density at radius 2 is 1.94 bits per heavy atom. The third-order valence-electron chi connectivity index (χ3n) is 4.67. The number of hydrogen-bond donors (Lipinski definition) is 1. The summed E-state index contributed by atoms with van der Waals surface area (Å²) < 4.78 is 46.2. The van der Waals surface area contributed by atoms with Crippen molar-refractivity contribution < 1.29 is 22.7 Å². The van der Waals surface area contributed by atoms with E-state index < -0.39 is 23.2 Å². The molecule has 0 radical (unpaired) electrons. The van der Waals surface area contributed by atoms with E-state index in [9.17, 15) is 23.2 Å².